The summed E-state index contributed by atoms with van der Waals surface area (Å²) in [6.45, 7) is 1.61. The van der Waals surface area contributed by atoms with Crippen molar-refractivity contribution in [3.05, 3.63) is 29.6 Å². The van der Waals surface area contributed by atoms with Crippen molar-refractivity contribution < 1.29 is 17.4 Å². The van der Waals surface area contributed by atoms with E-state index in [0.717, 1.165) is 12.3 Å². The molecule has 1 aromatic heterocycles. The Morgan fingerprint density at radius 1 is 1.50 bits per heavy atom. The minimum absolute atomic E-state index is 0.0872. The van der Waals surface area contributed by atoms with Crippen molar-refractivity contribution in [2.45, 2.75) is 18.3 Å². The van der Waals surface area contributed by atoms with Gasteiger partial charge in [0.25, 0.3) is 0 Å². The second-order valence-corrected chi connectivity index (χ2v) is 7.12. The molecule has 9 heteroatoms. The summed E-state index contributed by atoms with van der Waals surface area (Å²) in [5.41, 5.74) is -0.577. The third kappa shape index (κ3) is 4.14. The lowest BCUT2D eigenvalue weighted by Crippen LogP contribution is -2.18. The highest BCUT2D eigenvalue weighted by Crippen LogP contribution is 2.29. The molecule has 20 heavy (non-hydrogen) atoms. The van der Waals surface area contributed by atoms with Crippen LogP contribution in [0.2, 0.25) is 0 Å². The van der Waals surface area contributed by atoms with E-state index in [1.165, 1.54) is 12.3 Å². The van der Waals surface area contributed by atoms with Gasteiger partial charge in [0.2, 0.25) is 5.11 Å². The molecule has 0 aliphatic rings. The smallest absolute Gasteiger partial charge is 0.363 e. The Hall–Kier alpha value is -1.22. The number of nitrogens with one attached hydrogen (secondary N) is 1. The molecule has 0 fully saturated rings. The van der Waals surface area contributed by atoms with Crippen molar-refractivity contribution in [2.75, 3.05) is 13.3 Å². The summed E-state index contributed by atoms with van der Waals surface area (Å²) in [7, 11) is -1.18. The van der Waals surface area contributed by atoms with Gasteiger partial charge in [-0.15, -0.1) is 0 Å². The summed E-state index contributed by atoms with van der Waals surface area (Å²) in [6.07, 6.45) is -2.03. The summed E-state index contributed by atoms with van der Waals surface area (Å²) in [4.78, 5) is 3.34. The highest BCUT2D eigenvalue weighted by atomic mass is 32.2. The number of thiocarbonyl (C=S) groups is 1. The van der Waals surface area contributed by atoms with E-state index < -0.39 is 26.8 Å². The molecule has 0 amide bonds. The molecule has 1 N–H and O–H groups in total. The number of rotatable bonds is 2. The van der Waals surface area contributed by atoms with E-state index in [9.17, 15) is 17.4 Å². The van der Waals surface area contributed by atoms with Gasteiger partial charge in [0, 0.05) is 19.5 Å². The van der Waals surface area contributed by atoms with E-state index in [-0.39, 0.29) is 5.11 Å². The number of hydrogen-bond acceptors (Lipinski definition) is 3. The standard InChI is InChI=1S/C11H14F3N3OS2/c1-7(20(3,18)17-10(19)15-2)8-4-5-9(16-6-8)11(12,13)14/h4-7H,1-3H3,(H,15,19). The fourth-order valence-electron chi connectivity index (χ4n) is 1.36. The molecular formula is C11H14F3N3OS2. The lowest BCUT2D eigenvalue weighted by Gasteiger charge is -2.15. The number of pyridine rings is 1. The quantitative estimate of drug-likeness (QED) is 0.850. The van der Waals surface area contributed by atoms with Crippen LogP contribution in [0.25, 0.3) is 0 Å². The maximum absolute atomic E-state index is 12.4. The highest BCUT2D eigenvalue weighted by Gasteiger charge is 2.32. The molecule has 1 aromatic rings. The van der Waals surface area contributed by atoms with Crippen LogP contribution in [0.15, 0.2) is 22.7 Å². The van der Waals surface area contributed by atoms with Gasteiger partial charge in [0.1, 0.15) is 5.69 Å². The number of aromatic nitrogens is 1. The van der Waals surface area contributed by atoms with Gasteiger partial charge in [-0.2, -0.15) is 17.5 Å². The molecule has 0 radical (unpaired) electrons. The summed E-state index contributed by atoms with van der Waals surface area (Å²) in [5, 5.41) is 2.07. The van der Waals surface area contributed by atoms with Crippen LogP contribution in [-0.4, -0.2) is 27.6 Å². The first-order valence-corrected chi connectivity index (χ1v) is 7.93. The minimum Gasteiger partial charge on any atom is -0.363 e. The Morgan fingerprint density at radius 2 is 2.10 bits per heavy atom. The first-order valence-electron chi connectivity index (χ1n) is 5.54. The molecule has 0 aliphatic carbocycles. The molecule has 0 spiro atoms. The largest absolute Gasteiger partial charge is 0.433 e. The van der Waals surface area contributed by atoms with Gasteiger partial charge in [-0.3, -0.25) is 4.98 Å². The first kappa shape index (κ1) is 16.8. The number of halogens is 3. The topological polar surface area (TPSA) is 54.4 Å². The predicted octanol–water partition coefficient (Wildman–Crippen LogP) is 2.76. The Balaban J connectivity index is 3.10. The van der Waals surface area contributed by atoms with E-state index in [0.29, 0.717) is 5.56 Å². The zero-order chi connectivity index (χ0) is 15.6. The highest BCUT2D eigenvalue weighted by molar-refractivity contribution is 7.94. The van der Waals surface area contributed by atoms with Gasteiger partial charge < -0.3 is 5.32 Å². The van der Waals surface area contributed by atoms with Gasteiger partial charge in [-0.25, -0.2) is 4.21 Å². The monoisotopic (exact) mass is 325 g/mol. The molecule has 1 rings (SSSR count). The molecular weight excluding hydrogens is 311 g/mol. The molecule has 0 saturated heterocycles. The van der Waals surface area contributed by atoms with Crippen LogP contribution < -0.4 is 5.32 Å². The molecule has 112 valence electrons. The van der Waals surface area contributed by atoms with Crippen LogP contribution >= 0.6 is 12.2 Å². The summed E-state index contributed by atoms with van der Waals surface area (Å²) < 4.78 is 53.5. The Morgan fingerprint density at radius 3 is 2.50 bits per heavy atom. The minimum atomic E-state index is -4.49. The zero-order valence-electron chi connectivity index (χ0n) is 11.1. The first-order chi connectivity index (χ1) is 9.08. The number of hydrogen-bond donors (Lipinski definition) is 1. The molecule has 2 atom stereocenters. The van der Waals surface area contributed by atoms with Crippen LogP contribution in [0.1, 0.15) is 23.4 Å². The van der Waals surface area contributed by atoms with E-state index in [1.807, 2.05) is 0 Å². The lowest BCUT2D eigenvalue weighted by atomic mass is 10.2. The van der Waals surface area contributed by atoms with Gasteiger partial charge in [-0.05, 0) is 30.8 Å². The number of nitrogens with zero attached hydrogens (tertiary/aromatic N) is 2. The Labute approximate surface area is 121 Å². The van der Waals surface area contributed by atoms with E-state index in [2.05, 4.69) is 14.7 Å². The maximum Gasteiger partial charge on any atom is 0.433 e. The summed E-state index contributed by atoms with van der Waals surface area (Å²) >= 11 is 4.82. The van der Waals surface area contributed by atoms with E-state index >= 15 is 0 Å². The molecule has 2 unspecified atom stereocenters. The average molecular weight is 325 g/mol. The summed E-state index contributed by atoms with van der Waals surface area (Å²) in [6, 6.07) is 2.11. The van der Waals surface area contributed by atoms with Crippen LogP contribution in [0.4, 0.5) is 13.2 Å². The number of alkyl halides is 3. The van der Waals surface area contributed by atoms with E-state index in [1.54, 1.807) is 14.0 Å². The van der Waals surface area contributed by atoms with Crippen molar-refractivity contribution in [3.8, 4) is 0 Å². The third-order valence-corrected chi connectivity index (χ3v) is 5.22. The van der Waals surface area contributed by atoms with Crippen LogP contribution in [0.5, 0.6) is 0 Å². The fourth-order valence-corrected chi connectivity index (χ4v) is 3.02. The molecule has 4 nitrogen and oxygen atoms in total. The summed E-state index contributed by atoms with van der Waals surface area (Å²) in [5.74, 6) is 0. The molecule has 0 bridgehead atoms. The van der Waals surface area contributed by atoms with Crippen molar-refractivity contribution >= 4 is 27.1 Å². The second kappa shape index (κ2) is 6.04. The molecule has 0 saturated carbocycles. The van der Waals surface area contributed by atoms with Crippen LogP contribution in [0.3, 0.4) is 0 Å². The van der Waals surface area contributed by atoms with Gasteiger partial charge in [0.05, 0.1) is 15.0 Å². The maximum atomic E-state index is 12.4. The zero-order valence-corrected chi connectivity index (χ0v) is 12.7. The van der Waals surface area contributed by atoms with E-state index in [4.69, 9.17) is 12.2 Å². The molecule has 0 aromatic carbocycles. The van der Waals surface area contributed by atoms with Crippen LogP contribution in [0, 0.1) is 0 Å². The normalized spacial score (nSPS) is 16.1. The van der Waals surface area contributed by atoms with Crippen LogP contribution in [-0.2, 0) is 15.9 Å². The average Bonchev–Trinajstić information content (AvgIpc) is 2.36. The Kier molecular flexibility index (Phi) is 5.09. The predicted molar refractivity (Wildman–Crippen MR) is 75.8 cm³/mol. The van der Waals surface area contributed by atoms with Gasteiger partial charge in [0.15, 0.2) is 0 Å². The van der Waals surface area contributed by atoms with Gasteiger partial charge in [-0.1, -0.05) is 6.07 Å². The third-order valence-electron chi connectivity index (χ3n) is 2.68. The van der Waals surface area contributed by atoms with Crippen molar-refractivity contribution in [1.82, 2.24) is 10.3 Å². The molecule has 1 heterocycles. The fraction of sp³-hybridized carbons (Fsp3) is 0.455. The molecule has 0 aliphatic heterocycles. The Bertz CT molecular complexity index is 604. The van der Waals surface area contributed by atoms with Gasteiger partial charge >= 0.3 is 6.18 Å². The van der Waals surface area contributed by atoms with Crippen molar-refractivity contribution in [2.24, 2.45) is 4.36 Å². The second-order valence-electron chi connectivity index (χ2n) is 4.12. The van der Waals surface area contributed by atoms with Crippen molar-refractivity contribution in [3.63, 3.8) is 0 Å². The lowest BCUT2D eigenvalue weighted by molar-refractivity contribution is -0.141. The van der Waals surface area contributed by atoms with Crippen molar-refractivity contribution in [1.29, 1.82) is 0 Å². The SMILES string of the molecule is CNC(=S)N=S(C)(=O)C(C)c1ccc(C(F)(F)F)nc1.